The fraction of sp³-hybridized carbons (Fsp3) is 0.111. The molecule has 5 rings (SSSR count). The van der Waals surface area contributed by atoms with Gasteiger partial charge in [-0.1, -0.05) is 54.1 Å². The summed E-state index contributed by atoms with van der Waals surface area (Å²) in [6.07, 6.45) is 1.64. The fourth-order valence-corrected chi connectivity index (χ4v) is 5.99. The summed E-state index contributed by atoms with van der Waals surface area (Å²) >= 11 is 2.65. The number of ether oxygens (including phenoxy) is 2. The molecule has 0 radical (unpaired) electrons. The Morgan fingerprint density at radius 2 is 1.64 bits per heavy atom. The van der Waals surface area contributed by atoms with Gasteiger partial charge in [-0.15, -0.1) is 23.1 Å². The number of aryl methyl sites for hydroxylation is 1. The van der Waals surface area contributed by atoms with Crippen LogP contribution >= 0.6 is 23.1 Å². The lowest BCUT2D eigenvalue weighted by atomic mass is 10.1. The Bertz CT molecular complexity index is 1920. The minimum absolute atomic E-state index is 0.0952. The van der Waals surface area contributed by atoms with E-state index in [0.717, 1.165) is 21.6 Å². The summed E-state index contributed by atoms with van der Waals surface area (Å²) in [6, 6.07) is 29.0. The molecule has 11 heteroatoms. The number of thiazole rings is 1. The number of thioether (sulfide) groups is 1. The van der Waals surface area contributed by atoms with Gasteiger partial charge in [0.05, 0.1) is 25.7 Å². The molecule has 3 amide bonds. The van der Waals surface area contributed by atoms with Crippen LogP contribution in [0.2, 0.25) is 0 Å². The van der Waals surface area contributed by atoms with E-state index < -0.39 is 11.8 Å². The first-order chi connectivity index (χ1) is 22.8. The highest BCUT2D eigenvalue weighted by atomic mass is 32.2. The standard InChI is InChI=1S/C36H32N4O5S2/c1-23-9-7-10-24(17-23)18-29(38-34(42)25-11-5-4-6-12-25)35(43)37-27-13-8-14-28(20-27)46-22-33(41)40-36-39-30(21-47-36)26-15-16-31(44-2)32(19-26)45-3/h4-21H,22H2,1-3H3,(H,37,43)(H,38,42)(H,39,40,41)/b29-18+. The number of hydrogen-bond donors (Lipinski definition) is 3. The highest BCUT2D eigenvalue weighted by Crippen LogP contribution is 2.33. The Kier molecular flexibility index (Phi) is 11.1. The molecule has 0 fully saturated rings. The molecular weight excluding hydrogens is 633 g/mol. The lowest BCUT2D eigenvalue weighted by Crippen LogP contribution is -2.30. The molecular formula is C36H32N4O5S2. The van der Waals surface area contributed by atoms with Crippen LogP contribution in [0.4, 0.5) is 10.8 Å². The van der Waals surface area contributed by atoms with Gasteiger partial charge in [0.15, 0.2) is 16.6 Å². The van der Waals surface area contributed by atoms with E-state index in [4.69, 9.17) is 9.47 Å². The first kappa shape index (κ1) is 33.0. The van der Waals surface area contributed by atoms with E-state index in [0.29, 0.717) is 33.6 Å². The van der Waals surface area contributed by atoms with Crippen LogP contribution in [0.25, 0.3) is 17.3 Å². The van der Waals surface area contributed by atoms with E-state index in [-0.39, 0.29) is 17.4 Å². The molecule has 3 N–H and O–H groups in total. The van der Waals surface area contributed by atoms with Gasteiger partial charge in [0.1, 0.15) is 5.70 Å². The van der Waals surface area contributed by atoms with Crippen LogP contribution < -0.4 is 25.4 Å². The van der Waals surface area contributed by atoms with Crippen LogP contribution in [0.5, 0.6) is 11.5 Å². The van der Waals surface area contributed by atoms with Crippen molar-refractivity contribution in [2.24, 2.45) is 0 Å². The minimum atomic E-state index is -0.482. The average molecular weight is 665 g/mol. The van der Waals surface area contributed by atoms with Crippen molar-refractivity contribution in [3.8, 4) is 22.8 Å². The molecule has 0 aliphatic rings. The summed E-state index contributed by atoms with van der Waals surface area (Å²) in [6.45, 7) is 1.96. The van der Waals surface area contributed by atoms with Crippen molar-refractivity contribution in [3.63, 3.8) is 0 Å². The molecule has 0 atom stereocenters. The molecule has 0 saturated carbocycles. The van der Waals surface area contributed by atoms with E-state index in [1.807, 2.05) is 60.8 Å². The number of carbonyl (C=O) groups is 3. The monoisotopic (exact) mass is 664 g/mol. The number of hydrogen-bond acceptors (Lipinski definition) is 8. The van der Waals surface area contributed by atoms with Gasteiger partial charge in [0.2, 0.25) is 5.91 Å². The van der Waals surface area contributed by atoms with Gasteiger partial charge in [-0.2, -0.15) is 0 Å². The molecule has 0 aliphatic carbocycles. The van der Waals surface area contributed by atoms with E-state index >= 15 is 0 Å². The first-order valence-corrected chi connectivity index (χ1v) is 16.3. The van der Waals surface area contributed by atoms with Gasteiger partial charge in [0.25, 0.3) is 11.8 Å². The van der Waals surface area contributed by atoms with Crippen LogP contribution in [0.15, 0.2) is 113 Å². The summed E-state index contributed by atoms with van der Waals surface area (Å²) in [5, 5.41) is 10.8. The van der Waals surface area contributed by atoms with Crippen molar-refractivity contribution in [2.75, 3.05) is 30.6 Å². The quantitative estimate of drug-likeness (QED) is 0.0948. The van der Waals surface area contributed by atoms with Gasteiger partial charge >= 0.3 is 0 Å². The van der Waals surface area contributed by atoms with Gasteiger partial charge in [-0.3, -0.25) is 14.4 Å². The number of benzene rings is 4. The van der Waals surface area contributed by atoms with Crippen molar-refractivity contribution < 1.29 is 23.9 Å². The van der Waals surface area contributed by atoms with E-state index in [9.17, 15) is 14.4 Å². The van der Waals surface area contributed by atoms with Crippen molar-refractivity contribution in [3.05, 3.63) is 125 Å². The number of amides is 3. The molecule has 47 heavy (non-hydrogen) atoms. The third-order valence-electron chi connectivity index (χ3n) is 6.77. The maximum atomic E-state index is 13.4. The minimum Gasteiger partial charge on any atom is -0.493 e. The molecule has 0 unspecified atom stereocenters. The van der Waals surface area contributed by atoms with Gasteiger partial charge in [-0.05, 0) is 67.1 Å². The fourth-order valence-electron chi connectivity index (χ4n) is 4.49. The molecule has 5 aromatic rings. The molecule has 238 valence electrons. The maximum Gasteiger partial charge on any atom is 0.272 e. The van der Waals surface area contributed by atoms with Crippen LogP contribution in [-0.4, -0.2) is 42.7 Å². The second kappa shape index (κ2) is 15.7. The topological polar surface area (TPSA) is 119 Å². The van der Waals surface area contributed by atoms with E-state index in [1.165, 1.54) is 23.1 Å². The Labute approximate surface area is 281 Å². The summed E-state index contributed by atoms with van der Waals surface area (Å²) < 4.78 is 10.7. The zero-order valence-corrected chi connectivity index (χ0v) is 27.5. The predicted octanol–water partition coefficient (Wildman–Crippen LogP) is 7.28. The number of carbonyl (C=O) groups excluding carboxylic acids is 3. The Morgan fingerprint density at radius 1 is 0.851 bits per heavy atom. The third kappa shape index (κ3) is 9.09. The van der Waals surface area contributed by atoms with Crippen molar-refractivity contribution >= 4 is 57.7 Å². The third-order valence-corrected chi connectivity index (χ3v) is 8.53. The molecule has 9 nitrogen and oxygen atoms in total. The number of anilines is 2. The second-order valence-corrected chi connectivity index (χ2v) is 12.1. The second-order valence-electron chi connectivity index (χ2n) is 10.2. The lowest BCUT2D eigenvalue weighted by molar-refractivity contribution is -0.114. The molecule has 4 aromatic carbocycles. The number of methoxy groups -OCH3 is 2. The van der Waals surface area contributed by atoms with Gasteiger partial charge in [0, 0.05) is 27.1 Å². The predicted molar refractivity (Wildman–Crippen MR) is 188 cm³/mol. The van der Waals surface area contributed by atoms with E-state index in [1.54, 1.807) is 68.8 Å². The molecule has 0 bridgehead atoms. The number of nitrogens with zero attached hydrogens (tertiary/aromatic N) is 1. The summed E-state index contributed by atoms with van der Waals surface area (Å²) in [5.74, 6) is 0.248. The van der Waals surface area contributed by atoms with Crippen LogP contribution in [-0.2, 0) is 9.59 Å². The Balaban J connectivity index is 1.22. The normalized spacial score (nSPS) is 11.0. The zero-order chi connectivity index (χ0) is 33.2. The smallest absolute Gasteiger partial charge is 0.272 e. The van der Waals surface area contributed by atoms with Gasteiger partial charge in [-0.25, -0.2) is 4.98 Å². The first-order valence-electron chi connectivity index (χ1n) is 14.5. The molecule has 0 spiro atoms. The number of aromatic nitrogens is 1. The number of rotatable bonds is 12. The van der Waals surface area contributed by atoms with Crippen LogP contribution in [0.3, 0.4) is 0 Å². The Hall–Kier alpha value is -5.39. The molecule has 1 heterocycles. The zero-order valence-electron chi connectivity index (χ0n) is 25.9. The summed E-state index contributed by atoms with van der Waals surface area (Å²) in [4.78, 5) is 44.5. The summed E-state index contributed by atoms with van der Waals surface area (Å²) in [7, 11) is 3.15. The highest BCUT2D eigenvalue weighted by molar-refractivity contribution is 8.00. The SMILES string of the molecule is COc1ccc(-c2csc(NC(=O)CSc3cccc(NC(=O)/C(=C\c4cccc(C)c4)NC(=O)c4ccccc4)c3)n2)cc1OC. The highest BCUT2D eigenvalue weighted by Gasteiger charge is 2.16. The molecule has 1 aromatic heterocycles. The largest absolute Gasteiger partial charge is 0.493 e. The average Bonchev–Trinajstić information content (AvgIpc) is 3.55. The molecule has 0 aliphatic heterocycles. The van der Waals surface area contributed by atoms with Crippen LogP contribution in [0, 0.1) is 6.92 Å². The van der Waals surface area contributed by atoms with Crippen LogP contribution in [0.1, 0.15) is 21.5 Å². The van der Waals surface area contributed by atoms with E-state index in [2.05, 4.69) is 20.9 Å². The lowest BCUT2D eigenvalue weighted by Gasteiger charge is -2.12. The molecule has 0 saturated heterocycles. The Morgan fingerprint density at radius 3 is 2.40 bits per heavy atom. The van der Waals surface area contributed by atoms with Crippen molar-refractivity contribution in [1.29, 1.82) is 0 Å². The number of nitrogens with one attached hydrogen (secondary N) is 3. The van der Waals surface area contributed by atoms with Gasteiger partial charge < -0.3 is 25.4 Å². The van der Waals surface area contributed by atoms with Crippen molar-refractivity contribution in [2.45, 2.75) is 11.8 Å². The summed E-state index contributed by atoms with van der Waals surface area (Å²) in [5.41, 5.74) is 4.39. The van der Waals surface area contributed by atoms with Crippen molar-refractivity contribution in [1.82, 2.24) is 10.3 Å². The maximum absolute atomic E-state index is 13.4.